The number of aromatic nitrogens is 2. The lowest BCUT2D eigenvalue weighted by Crippen LogP contribution is -2.11. The van der Waals surface area contributed by atoms with E-state index in [0.717, 1.165) is 0 Å². The third kappa shape index (κ3) is 2.46. The minimum absolute atomic E-state index is 0.0438. The van der Waals surface area contributed by atoms with E-state index < -0.39 is 0 Å². The second-order valence-corrected chi connectivity index (χ2v) is 4.96. The van der Waals surface area contributed by atoms with Gasteiger partial charge in [-0.15, -0.1) is 0 Å². The number of hydrogen-bond donors (Lipinski definition) is 1. The topological polar surface area (TPSA) is 103 Å². The number of ether oxygens (including phenoxy) is 3. The Morgan fingerprint density at radius 2 is 2.05 bits per heavy atom. The Morgan fingerprint density at radius 1 is 1.27 bits per heavy atom. The number of nitrogens with two attached hydrogens (primary N) is 1. The highest BCUT2D eigenvalue weighted by molar-refractivity contribution is 5.72. The monoisotopic (exact) mass is 298 g/mol. The lowest BCUT2D eigenvalue weighted by Gasteiger charge is -2.13. The van der Waals surface area contributed by atoms with Crippen LogP contribution in [0.4, 0.5) is 5.95 Å². The standard InChI is InChI=1S/C15H14N4O3/c1-8(2)22-14-10(6-16)13(18-15(17)19-14)9-3-4-11-12(5-9)21-7-20-11/h3-5,8H,7H2,1-2H3,(H2,17,18,19). The van der Waals surface area contributed by atoms with Crippen LogP contribution in [0, 0.1) is 11.3 Å². The zero-order chi connectivity index (χ0) is 15.7. The van der Waals surface area contributed by atoms with Gasteiger partial charge in [-0.05, 0) is 32.0 Å². The average molecular weight is 298 g/mol. The predicted molar refractivity (Wildman–Crippen MR) is 78.5 cm³/mol. The molecule has 2 N–H and O–H groups in total. The molecule has 1 aromatic carbocycles. The molecule has 0 aliphatic carbocycles. The molecule has 0 unspecified atom stereocenters. The van der Waals surface area contributed by atoms with Gasteiger partial charge >= 0.3 is 0 Å². The number of rotatable bonds is 3. The molecule has 0 radical (unpaired) electrons. The summed E-state index contributed by atoms with van der Waals surface area (Å²) in [6, 6.07) is 7.39. The maximum atomic E-state index is 9.45. The largest absolute Gasteiger partial charge is 0.474 e. The Morgan fingerprint density at radius 3 is 2.77 bits per heavy atom. The quantitative estimate of drug-likeness (QED) is 0.925. The van der Waals surface area contributed by atoms with Gasteiger partial charge in [-0.25, -0.2) is 4.98 Å². The van der Waals surface area contributed by atoms with E-state index in [1.807, 2.05) is 13.8 Å². The van der Waals surface area contributed by atoms with Crippen LogP contribution in [0.5, 0.6) is 17.4 Å². The second-order valence-electron chi connectivity index (χ2n) is 4.96. The van der Waals surface area contributed by atoms with E-state index in [9.17, 15) is 5.26 Å². The zero-order valence-corrected chi connectivity index (χ0v) is 12.2. The summed E-state index contributed by atoms with van der Waals surface area (Å²) in [6.45, 7) is 3.87. The molecule has 112 valence electrons. The van der Waals surface area contributed by atoms with Gasteiger partial charge in [0.15, 0.2) is 11.5 Å². The Balaban J connectivity index is 2.14. The molecule has 3 rings (SSSR count). The van der Waals surface area contributed by atoms with Crippen LogP contribution in [0.1, 0.15) is 19.4 Å². The molecule has 0 atom stereocenters. The number of nitriles is 1. The molecule has 1 aliphatic heterocycles. The van der Waals surface area contributed by atoms with Crippen LogP contribution in [0.15, 0.2) is 18.2 Å². The van der Waals surface area contributed by atoms with Gasteiger partial charge < -0.3 is 19.9 Å². The van der Waals surface area contributed by atoms with E-state index in [2.05, 4.69) is 16.0 Å². The number of hydrogen-bond acceptors (Lipinski definition) is 7. The van der Waals surface area contributed by atoms with E-state index in [0.29, 0.717) is 22.8 Å². The first-order valence-electron chi connectivity index (χ1n) is 6.72. The molecule has 22 heavy (non-hydrogen) atoms. The highest BCUT2D eigenvalue weighted by atomic mass is 16.7. The molecule has 0 amide bonds. The average Bonchev–Trinajstić information content (AvgIpc) is 2.93. The molecule has 7 nitrogen and oxygen atoms in total. The van der Waals surface area contributed by atoms with Gasteiger partial charge in [-0.1, -0.05) is 0 Å². The summed E-state index contributed by atoms with van der Waals surface area (Å²) < 4.78 is 16.2. The van der Waals surface area contributed by atoms with Crippen LogP contribution >= 0.6 is 0 Å². The third-order valence-electron chi connectivity index (χ3n) is 3.00. The second kappa shape index (κ2) is 5.41. The maximum Gasteiger partial charge on any atom is 0.237 e. The molecule has 7 heteroatoms. The Labute approximate surface area is 127 Å². The van der Waals surface area contributed by atoms with Gasteiger partial charge in [0.05, 0.1) is 11.8 Å². The van der Waals surface area contributed by atoms with Gasteiger partial charge in [0.1, 0.15) is 11.6 Å². The van der Waals surface area contributed by atoms with Crippen molar-refractivity contribution >= 4 is 5.95 Å². The van der Waals surface area contributed by atoms with Crippen molar-refractivity contribution in [1.29, 1.82) is 5.26 Å². The number of anilines is 1. The Kier molecular flexibility index (Phi) is 3.43. The fourth-order valence-electron chi connectivity index (χ4n) is 2.12. The molecule has 2 aromatic rings. The van der Waals surface area contributed by atoms with E-state index >= 15 is 0 Å². The summed E-state index contributed by atoms with van der Waals surface area (Å²) in [5.41, 5.74) is 7.07. The molecular weight excluding hydrogens is 284 g/mol. The summed E-state index contributed by atoms with van der Waals surface area (Å²) in [6.07, 6.45) is -0.133. The normalized spacial score (nSPS) is 12.3. The predicted octanol–water partition coefficient (Wildman–Crippen LogP) is 2.11. The van der Waals surface area contributed by atoms with Gasteiger partial charge in [0.2, 0.25) is 18.6 Å². The summed E-state index contributed by atoms with van der Waals surface area (Å²) in [5.74, 6) is 1.48. The fraction of sp³-hybridized carbons (Fsp3) is 0.267. The molecule has 0 saturated heterocycles. The van der Waals surface area contributed by atoms with Gasteiger partial charge in [-0.2, -0.15) is 10.2 Å². The highest BCUT2D eigenvalue weighted by Crippen LogP contribution is 2.37. The minimum atomic E-state index is -0.133. The number of nitrogens with zero attached hydrogens (tertiary/aromatic N) is 3. The first kappa shape index (κ1) is 13.9. The first-order valence-corrected chi connectivity index (χ1v) is 6.72. The van der Waals surface area contributed by atoms with Crippen molar-refractivity contribution in [2.45, 2.75) is 20.0 Å². The lowest BCUT2D eigenvalue weighted by atomic mass is 10.1. The third-order valence-corrected chi connectivity index (χ3v) is 3.00. The van der Waals surface area contributed by atoms with Crippen molar-refractivity contribution in [1.82, 2.24) is 9.97 Å². The van der Waals surface area contributed by atoms with E-state index in [1.165, 1.54) is 0 Å². The van der Waals surface area contributed by atoms with Crippen molar-refractivity contribution in [3.8, 4) is 34.7 Å². The highest BCUT2D eigenvalue weighted by Gasteiger charge is 2.20. The van der Waals surface area contributed by atoms with Crippen LogP contribution in [-0.4, -0.2) is 22.9 Å². The molecular formula is C15H14N4O3. The van der Waals surface area contributed by atoms with Crippen LogP contribution in [0.3, 0.4) is 0 Å². The van der Waals surface area contributed by atoms with Gasteiger partial charge in [0, 0.05) is 5.56 Å². The number of nitrogen functional groups attached to an aromatic ring is 1. The Bertz CT molecular complexity index is 768. The summed E-state index contributed by atoms with van der Waals surface area (Å²) >= 11 is 0. The summed E-state index contributed by atoms with van der Waals surface area (Å²) in [7, 11) is 0. The first-order chi connectivity index (χ1) is 10.6. The van der Waals surface area contributed by atoms with Crippen molar-refractivity contribution < 1.29 is 14.2 Å². The SMILES string of the molecule is CC(C)Oc1nc(N)nc(-c2ccc3c(c2)OCO3)c1C#N. The van der Waals surface area contributed by atoms with Crippen LogP contribution in [0.2, 0.25) is 0 Å². The van der Waals surface area contributed by atoms with E-state index in [1.54, 1.807) is 18.2 Å². The molecule has 0 saturated carbocycles. The van der Waals surface area contributed by atoms with Crippen LogP contribution in [-0.2, 0) is 0 Å². The smallest absolute Gasteiger partial charge is 0.237 e. The van der Waals surface area contributed by atoms with Crippen LogP contribution < -0.4 is 19.9 Å². The van der Waals surface area contributed by atoms with E-state index in [4.69, 9.17) is 19.9 Å². The minimum Gasteiger partial charge on any atom is -0.474 e. The van der Waals surface area contributed by atoms with Gasteiger partial charge in [-0.3, -0.25) is 0 Å². The Hall–Kier alpha value is -3.01. The summed E-state index contributed by atoms with van der Waals surface area (Å²) in [5, 5.41) is 9.45. The van der Waals surface area contributed by atoms with Crippen molar-refractivity contribution in [3.05, 3.63) is 23.8 Å². The molecule has 0 bridgehead atoms. The number of fused-ring (bicyclic) bond motifs is 1. The molecule has 0 spiro atoms. The maximum absolute atomic E-state index is 9.45. The molecule has 0 fully saturated rings. The van der Waals surface area contributed by atoms with Gasteiger partial charge in [0.25, 0.3) is 0 Å². The van der Waals surface area contributed by atoms with Crippen molar-refractivity contribution in [3.63, 3.8) is 0 Å². The summed E-state index contributed by atoms with van der Waals surface area (Å²) in [4.78, 5) is 8.18. The number of benzene rings is 1. The molecule has 1 aliphatic rings. The molecule has 1 aromatic heterocycles. The van der Waals surface area contributed by atoms with E-state index in [-0.39, 0.29) is 30.3 Å². The molecule has 2 heterocycles. The lowest BCUT2D eigenvalue weighted by molar-refractivity contribution is 0.174. The zero-order valence-electron chi connectivity index (χ0n) is 12.2. The fourth-order valence-corrected chi connectivity index (χ4v) is 2.12. The van der Waals surface area contributed by atoms with Crippen molar-refractivity contribution in [2.75, 3.05) is 12.5 Å². The van der Waals surface area contributed by atoms with Crippen molar-refractivity contribution in [2.24, 2.45) is 0 Å². The van der Waals surface area contributed by atoms with Crippen LogP contribution in [0.25, 0.3) is 11.3 Å².